The number of rotatable bonds is 5. The molecule has 21 heavy (non-hydrogen) atoms. The van der Waals surface area contributed by atoms with Gasteiger partial charge in [-0.25, -0.2) is 9.67 Å². The molecule has 0 fully saturated rings. The molecule has 114 valence electrons. The Morgan fingerprint density at radius 3 is 2.33 bits per heavy atom. The van der Waals surface area contributed by atoms with Crippen molar-refractivity contribution in [2.75, 3.05) is 20.3 Å². The molecule has 0 N–H and O–H groups in total. The monoisotopic (exact) mass is 301 g/mol. The first-order valence-corrected chi connectivity index (χ1v) is 6.12. The molecule has 0 amide bonds. The minimum Gasteiger partial charge on any atom is -0.491 e. The van der Waals surface area contributed by atoms with Crippen molar-refractivity contribution in [3.63, 3.8) is 0 Å². The van der Waals surface area contributed by atoms with E-state index in [2.05, 4.69) is 10.1 Å². The van der Waals surface area contributed by atoms with Gasteiger partial charge in [0.25, 0.3) is 5.82 Å². The summed E-state index contributed by atoms with van der Waals surface area (Å²) in [6.45, 7) is 0.859. The average Bonchev–Trinajstić information content (AvgIpc) is 2.82. The van der Waals surface area contributed by atoms with Crippen molar-refractivity contribution in [3.8, 4) is 17.1 Å². The average molecular weight is 301 g/mol. The van der Waals surface area contributed by atoms with Crippen LogP contribution in [-0.2, 0) is 18.0 Å². The lowest BCUT2D eigenvalue weighted by Crippen LogP contribution is -2.08. The van der Waals surface area contributed by atoms with Crippen LogP contribution < -0.4 is 4.74 Å². The smallest absolute Gasteiger partial charge is 0.453 e. The minimum atomic E-state index is -4.56. The second-order valence-corrected chi connectivity index (χ2v) is 4.25. The third-order valence-corrected chi connectivity index (χ3v) is 2.69. The normalized spacial score (nSPS) is 11.7. The molecule has 0 bridgehead atoms. The van der Waals surface area contributed by atoms with Crippen LogP contribution in [0.2, 0.25) is 0 Å². The maximum Gasteiger partial charge on any atom is 0.453 e. The van der Waals surface area contributed by atoms with Crippen molar-refractivity contribution in [1.82, 2.24) is 14.8 Å². The second-order valence-electron chi connectivity index (χ2n) is 4.25. The molecule has 1 aromatic heterocycles. The van der Waals surface area contributed by atoms with E-state index >= 15 is 0 Å². The lowest BCUT2D eigenvalue weighted by molar-refractivity contribution is -0.144. The van der Waals surface area contributed by atoms with Crippen molar-refractivity contribution in [3.05, 3.63) is 30.1 Å². The van der Waals surface area contributed by atoms with Gasteiger partial charge in [-0.05, 0) is 24.3 Å². The molecule has 2 aromatic rings. The first kappa shape index (κ1) is 15.3. The Labute approximate surface area is 119 Å². The highest BCUT2D eigenvalue weighted by molar-refractivity contribution is 5.56. The van der Waals surface area contributed by atoms with Crippen LogP contribution in [0.3, 0.4) is 0 Å². The number of halogens is 3. The Bertz CT molecular complexity index is 594. The molecule has 0 saturated heterocycles. The summed E-state index contributed by atoms with van der Waals surface area (Å²) >= 11 is 0. The lowest BCUT2D eigenvalue weighted by atomic mass is 10.2. The van der Waals surface area contributed by atoms with Gasteiger partial charge in [0.2, 0.25) is 0 Å². The number of benzene rings is 1. The van der Waals surface area contributed by atoms with Gasteiger partial charge in [-0.1, -0.05) is 0 Å². The van der Waals surface area contributed by atoms with Crippen molar-refractivity contribution in [2.45, 2.75) is 6.18 Å². The molecule has 1 heterocycles. The number of nitrogens with zero attached hydrogens (tertiary/aromatic N) is 3. The van der Waals surface area contributed by atoms with Crippen LogP contribution in [0.5, 0.6) is 5.75 Å². The van der Waals surface area contributed by atoms with Crippen LogP contribution in [0.15, 0.2) is 24.3 Å². The lowest BCUT2D eigenvalue weighted by Gasteiger charge is -2.06. The molecule has 0 atom stereocenters. The number of hydrogen-bond acceptors (Lipinski definition) is 4. The molecule has 0 aliphatic carbocycles. The van der Waals surface area contributed by atoms with Gasteiger partial charge in [-0.15, -0.1) is 5.10 Å². The summed E-state index contributed by atoms with van der Waals surface area (Å²) in [4.78, 5) is 3.52. The highest BCUT2D eigenvalue weighted by atomic mass is 19.4. The Morgan fingerprint density at radius 1 is 1.14 bits per heavy atom. The molecule has 0 spiro atoms. The zero-order valence-corrected chi connectivity index (χ0v) is 11.5. The van der Waals surface area contributed by atoms with E-state index in [-0.39, 0.29) is 5.82 Å². The van der Waals surface area contributed by atoms with Gasteiger partial charge in [0.05, 0.1) is 6.61 Å². The summed E-state index contributed by atoms with van der Waals surface area (Å²) in [7, 11) is 2.99. The van der Waals surface area contributed by atoms with Crippen LogP contribution in [0.1, 0.15) is 5.82 Å². The molecule has 1 aromatic carbocycles. The van der Waals surface area contributed by atoms with E-state index in [1.54, 1.807) is 31.4 Å². The molecular weight excluding hydrogens is 287 g/mol. The van der Waals surface area contributed by atoms with E-state index in [0.717, 1.165) is 4.68 Å². The zero-order chi connectivity index (χ0) is 15.5. The Hall–Kier alpha value is -2.09. The summed E-state index contributed by atoms with van der Waals surface area (Å²) < 4.78 is 49.0. The number of aromatic nitrogens is 3. The summed E-state index contributed by atoms with van der Waals surface area (Å²) in [6.07, 6.45) is -4.56. The minimum absolute atomic E-state index is 0.144. The largest absolute Gasteiger partial charge is 0.491 e. The highest BCUT2D eigenvalue weighted by Crippen LogP contribution is 2.29. The topological polar surface area (TPSA) is 49.2 Å². The third-order valence-electron chi connectivity index (χ3n) is 2.69. The number of ether oxygens (including phenoxy) is 2. The van der Waals surface area contributed by atoms with Crippen molar-refractivity contribution in [1.29, 1.82) is 0 Å². The maximum absolute atomic E-state index is 12.6. The van der Waals surface area contributed by atoms with Gasteiger partial charge in [-0.3, -0.25) is 0 Å². The first-order chi connectivity index (χ1) is 9.91. The van der Waals surface area contributed by atoms with Gasteiger partial charge < -0.3 is 9.47 Å². The highest BCUT2D eigenvalue weighted by Gasteiger charge is 2.36. The predicted molar refractivity (Wildman–Crippen MR) is 68.8 cm³/mol. The number of aryl methyl sites for hydroxylation is 1. The van der Waals surface area contributed by atoms with E-state index in [1.165, 1.54) is 7.05 Å². The summed E-state index contributed by atoms with van der Waals surface area (Å²) in [5.74, 6) is -0.403. The molecule has 0 saturated carbocycles. The Balaban J connectivity index is 2.17. The first-order valence-electron chi connectivity index (χ1n) is 6.12. The fourth-order valence-electron chi connectivity index (χ4n) is 1.70. The molecule has 0 aliphatic rings. The number of hydrogen-bond donors (Lipinski definition) is 0. The molecule has 0 radical (unpaired) electrons. The van der Waals surface area contributed by atoms with E-state index in [4.69, 9.17) is 9.47 Å². The van der Waals surface area contributed by atoms with Crippen LogP contribution >= 0.6 is 0 Å². The standard InChI is InChI=1S/C13H14F3N3O2/c1-19-11(17-12(18-19)13(14,15)16)9-3-5-10(6-4-9)21-8-7-20-2/h3-6H,7-8H2,1-2H3. The predicted octanol–water partition coefficient (Wildman–Crippen LogP) is 2.53. The molecule has 8 heteroatoms. The maximum atomic E-state index is 12.6. The van der Waals surface area contributed by atoms with Crippen LogP contribution in [0.25, 0.3) is 11.4 Å². The van der Waals surface area contributed by atoms with E-state index < -0.39 is 12.0 Å². The number of methoxy groups -OCH3 is 1. The third kappa shape index (κ3) is 3.72. The summed E-state index contributed by atoms with van der Waals surface area (Å²) in [5.41, 5.74) is 0.527. The molecule has 0 unspecified atom stereocenters. The number of alkyl halides is 3. The quantitative estimate of drug-likeness (QED) is 0.796. The Morgan fingerprint density at radius 2 is 1.81 bits per heavy atom. The summed E-state index contributed by atoms with van der Waals surface area (Å²) in [5, 5.41) is 3.37. The van der Waals surface area contributed by atoms with Crippen molar-refractivity contribution in [2.24, 2.45) is 7.05 Å². The molecule has 2 rings (SSSR count). The van der Waals surface area contributed by atoms with Gasteiger partial charge in [-0.2, -0.15) is 13.2 Å². The van der Waals surface area contributed by atoms with Gasteiger partial charge >= 0.3 is 6.18 Å². The van der Waals surface area contributed by atoms with Gasteiger partial charge in [0, 0.05) is 19.7 Å². The van der Waals surface area contributed by atoms with E-state index in [1.807, 2.05) is 0 Å². The van der Waals surface area contributed by atoms with Crippen LogP contribution in [0, 0.1) is 0 Å². The van der Waals surface area contributed by atoms with E-state index in [9.17, 15) is 13.2 Å². The van der Waals surface area contributed by atoms with E-state index in [0.29, 0.717) is 24.5 Å². The summed E-state index contributed by atoms with van der Waals surface area (Å²) in [6, 6.07) is 6.58. The van der Waals surface area contributed by atoms with Crippen molar-refractivity contribution >= 4 is 0 Å². The second kappa shape index (κ2) is 6.13. The van der Waals surface area contributed by atoms with Crippen LogP contribution in [0.4, 0.5) is 13.2 Å². The van der Waals surface area contributed by atoms with Crippen molar-refractivity contribution < 1.29 is 22.6 Å². The SMILES string of the molecule is COCCOc1ccc(-c2nc(C(F)(F)F)nn2C)cc1. The zero-order valence-electron chi connectivity index (χ0n) is 11.5. The molecule has 5 nitrogen and oxygen atoms in total. The van der Waals surface area contributed by atoms with Gasteiger partial charge in [0.1, 0.15) is 12.4 Å². The van der Waals surface area contributed by atoms with Gasteiger partial charge in [0.15, 0.2) is 5.82 Å². The van der Waals surface area contributed by atoms with Crippen LogP contribution in [-0.4, -0.2) is 35.1 Å². The molecule has 0 aliphatic heterocycles. The fraction of sp³-hybridized carbons (Fsp3) is 0.385. The fourth-order valence-corrected chi connectivity index (χ4v) is 1.70. The Kier molecular flexibility index (Phi) is 4.46. The molecular formula is C13H14F3N3O2.